The average molecular weight is 364 g/mol. The number of halogens is 1. The Balaban J connectivity index is 1.52. The molecule has 124 valence electrons. The summed E-state index contributed by atoms with van der Waals surface area (Å²) >= 11 is 2.64. The van der Waals surface area contributed by atoms with Gasteiger partial charge >= 0.3 is 0 Å². The first-order valence-corrected chi connectivity index (χ1v) is 8.77. The molecule has 1 aromatic carbocycles. The number of rotatable bonds is 6. The van der Waals surface area contributed by atoms with Crippen molar-refractivity contribution in [1.82, 2.24) is 30.7 Å². The van der Waals surface area contributed by atoms with E-state index in [1.54, 1.807) is 12.1 Å². The third kappa shape index (κ3) is 4.36. The first-order chi connectivity index (χ1) is 11.6. The topological polar surface area (TPSA) is 96.4 Å². The lowest BCUT2D eigenvalue weighted by Gasteiger charge is -2.02. The van der Waals surface area contributed by atoms with Crippen LogP contribution in [0.4, 0.5) is 4.39 Å². The monoisotopic (exact) mass is 364 g/mol. The minimum atomic E-state index is -0.307. The molecule has 2 heterocycles. The van der Waals surface area contributed by atoms with Crippen LogP contribution in [0.25, 0.3) is 0 Å². The van der Waals surface area contributed by atoms with Gasteiger partial charge in [-0.1, -0.05) is 35.2 Å². The Bertz CT molecular complexity index is 832. The molecular weight excluding hydrogens is 351 g/mol. The summed E-state index contributed by atoms with van der Waals surface area (Å²) in [5.74, 6) is 0.676. The van der Waals surface area contributed by atoms with E-state index >= 15 is 0 Å². The lowest BCUT2D eigenvalue weighted by Crippen LogP contribution is -2.22. The zero-order valence-corrected chi connectivity index (χ0v) is 14.2. The van der Waals surface area contributed by atoms with E-state index in [9.17, 15) is 9.18 Å². The van der Waals surface area contributed by atoms with Crippen molar-refractivity contribution in [2.45, 2.75) is 24.4 Å². The number of nitrogens with zero attached hydrogens (tertiary/aromatic N) is 4. The maximum Gasteiger partial charge on any atom is 0.282 e. The van der Waals surface area contributed by atoms with Gasteiger partial charge in [-0.15, -0.1) is 15.3 Å². The summed E-state index contributed by atoms with van der Waals surface area (Å²) in [6, 6.07) is 5.95. The summed E-state index contributed by atoms with van der Waals surface area (Å²) in [7, 11) is 0. The Labute approximate surface area is 145 Å². The van der Waals surface area contributed by atoms with Crippen LogP contribution >= 0.6 is 23.1 Å². The second kappa shape index (κ2) is 7.49. The van der Waals surface area contributed by atoms with E-state index in [0.717, 1.165) is 16.4 Å². The van der Waals surface area contributed by atoms with E-state index in [1.807, 2.05) is 6.92 Å². The molecule has 0 fully saturated rings. The molecule has 0 radical (unpaired) electrons. The number of carbonyl (C=O) groups is 1. The molecular formula is C14H13FN6OS2. The number of aromatic amines is 1. The van der Waals surface area contributed by atoms with Crippen LogP contribution in [0.2, 0.25) is 0 Å². The number of aromatic nitrogens is 5. The molecule has 3 rings (SSSR count). The van der Waals surface area contributed by atoms with E-state index in [2.05, 4.69) is 30.7 Å². The number of aryl methyl sites for hydroxylation is 1. The maximum absolute atomic E-state index is 12.8. The molecule has 0 aliphatic rings. The van der Waals surface area contributed by atoms with Crippen LogP contribution in [-0.2, 0) is 12.3 Å². The Morgan fingerprint density at radius 1 is 1.33 bits per heavy atom. The van der Waals surface area contributed by atoms with Crippen molar-refractivity contribution in [3.8, 4) is 0 Å². The molecule has 0 saturated heterocycles. The Morgan fingerprint density at radius 2 is 2.12 bits per heavy atom. The van der Waals surface area contributed by atoms with Crippen molar-refractivity contribution in [2.75, 3.05) is 0 Å². The molecule has 7 nitrogen and oxygen atoms in total. The standard InChI is InChI=1S/C14H13FN6OS2/c1-8-17-14(21-18-8)23-7-11-19-20-13(24-11)12(22)16-6-9-2-4-10(15)5-3-9/h2-5H,6-7H2,1H3,(H,16,22)(H,17,18,21). The molecule has 3 aromatic rings. The van der Waals surface area contributed by atoms with Gasteiger partial charge in [-0.3, -0.25) is 9.89 Å². The summed E-state index contributed by atoms with van der Waals surface area (Å²) in [6.07, 6.45) is 0. The summed E-state index contributed by atoms with van der Waals surface area (Å²) in [5, 5.41) is 19.0. The van der Waals surface area contributed by atoms with Gasteiger partial charge in [-0.2, -0.15) is 0 Å². The van der Waals surface area contributed by atoms with E-state index in [-0.39, 0.29) is 11.7 Å². The van der Waals surface area contributed by atoms with E-state index < -0.39 is 0 Å². The largest absolute Gasteiger partial charge is 0.346 e. The van der Waals surface area contributed by atoms with Gasteiger partial charge in [0.25, 0.3) is 5.91 Å². The Hall–Kier alpha value is -2.33. The molecule has 0 unspecified atom stereocenters. The van der Waals surface area contributed by atoms with Gasteiger partial charge in [0.05, 0.1) is 5.75 Å². The van der Waals surface area contributed by atoms with Crippen LogP contribution < -0.4 is 5.32 Å². The van der Waals surface area contributed by atoms with Crippen molar-refractivity contribution in [3.63, 3.8) is 0 Å². The molecule has 0 saturated carbocycles. The number of H-pyrrole nitrogens is 1. The minimum Gasteiger partial charge on any atom is -0.346 e. The van der Waals surface area contributed by atoms with Crippen LogP contribution in [0, 0.1) is 12.7 Å². The molecule has 2 aromatic heterocycles. The third-order valence-electron chi connectivity index (χ3n) is 2.93. The van der Waals surface area contributed by atoms with Crippen LogP contribution in [0.3, 0.4) is 0 Å². The molecule has 0 aliphatic carbocycles. The second-order valence-corrected chi connectivity index (χ2v) is 6.81. The predicted molar refractivity (Wildman–Crippen MR) is 88.2 cm³/mol. The summed E-state index contributed by atoms with van der Waals surface area (Å²) in [6.45, 7) is 2.13. The maximum atomic E-state index is 12.8. The SMILES string of the molecule is Cc1nc(SCc2nnc(C(=O)NCc3ccc(F)cc3)s2)n[nH]1. The zero-order chi connectivity index (χ0) is 16.9. The van der Waals surface area contributed by atoms with Gasteiger partial charge in [0.2, 0.25) is 10.2 Å². The smallest absolute Gasteiger partial charge is 0.282 e. The molecule has 0 spiro atoms. The van der Waals surface area contributed by atoms with E-state index in [0.29, 0.717) is 22.5 Å². The third-order valence-corrected chi connectivity index (χ3v) is 4.89. The van der Waals surface area contributed by atoms with Gasteiger partial charge in [0.15, 0.2) is 0 Å². The number of amides is 1. The number of hydrogen-bond donors (Lipinski definition) is 2. The van der Waals surface area contributed by atoms with E-state index in [1.165, 1.54) is 35.2 Å². The summed E-state index contributed by atoms with van der Waals surface area (Å²) in [5.41, 5.74) is 0.810. The number of hydrogen-bond acceptors (Lipinski definition) is 7. The van der Waals surface area contributed by atoms with Gasteiger partial charge in [0, 0.05) is 6.54 Å². The number of carbonyl (C=O) groups excluding carboxylic acids is 1. The quantitative estimate of drug-likeness (QED) is 0.652. The molecule has 1 amide bonds. The fourth-order valence-electron chi connectivity index (χ4n) is 1.78. The highest BCUT2D eigenvalue weighted by Gasteiger charge is 2.13. The van der Waals surface area contributed by atoms with Crippen LogP contribution in [0.15, 0.2) is 29.4 Å². The van der Waals surface area contributed by atoms with Crippen molar-refractivity contribution < 1.29 is 9.18 Å². The zero-order valence-electron chi connectivity index (χ0n) is 12.6. The first-order valence-electron chi connectivity index (χ1n) is 6.97. The lowest BCUT2D eigenvalue weighted by molar-refractivity contribution is 0.0950. The molecule has 10 heteroatoms. The van der Waals surface area contributed by atoms with Gasteiger partial charge < -0.3 is 5.32 Å². The molecule has 0 atom stereocenters. The molecule has 24 heavy (non-hydrogen) atoms. The highest BCUT2D eigenvalue weighted by atomic mass is 32.2. The fraction of sp³-hybridized carbons (Fsp3) is 0.214. The Morgan fingerprint density at radius 3 is 2.83 bits per heavy atom. The number of benzene rings is 1. The number of nitrogens with one attached hydrogen (secondary N) is 2. The average Bonchev–Trinajstić information content (AvgIpc) is 3.21. The minimum absolute atomic E-state index is 0.291. The summed E-state index contributed by atoms with van der Waals surface area (Å²) < 4.78 is 12.8. The van der Waals surface area contributed by atoms with Crippen molar-refractivity contribution in [2.24, 2.45) is 0 Å². The predicted octanol–water partition coefficient (Wildman–Crippen LogP) is 2.33. The van der Waals surface area contributed by atoms with Crippen molar-refractivity contribution in [3.05, 3.63) is 51.5 Å². The summed E-state index contributed by atoms with van der Waals surface area (Å²) in [4.78, 5) is 16.2. The fourth-order valence-corrected chi connectivity index (χ4v) is 3.36. The van der Waals surface area contributed by atoms with Crippen molar-refractivity contribution in [1.29, 1.82) is 0 Å². The number of thioether (sulfide) groups is 1. The highest BCUT2D eigenvalue weighted by Crippen LogP contribution is 2.21. The normalized spacial score (nSPS) is 10.8. The Kier molecular flexibility index (Phi) is 5.16. The first kappa shape index (κ1) is 16.5. The molecule has 0 aliphatic heterocycles. The van der Waals surface area contributed by atoms with E-state index in [4.69, 9.17) is 0 Å². The van der Waals surface area contributed by atoms with Gasteiger partial charge in [-0.05, 0) is 24.6 Å². The highest BCUT2D eigenvalue weighted by molar-refractivity contribution is 7.98. The van der Waals surface area contributed by atoms with Crippen LogP contribution in [0.1, 0.15) is 26.2 Å². The lowest BCUT2D eigenvalue weighted by atomic mass is 10.2. The van der Waals surface area contributed by atoms with Gasteiger partial charge in [-0.25, -0.2) is 9.37 Å². The van der Waals surface area contributed by atoms with Gasteiger partial charge in [0.1, 0.15) is 16.6 Å². The van der Waals surface area contributed by atoms with Crippen LogP contribution in [0.5, 0.6) is 0 Å². The molecule has 2 N–H and O–H groups in total. The van der Waals surface area contributed by atoms with Crippen molar-refractivity contribution >= 4 is 29.0 Å². The second-order valence-electron chi connectivity index (χ2n) is 4.80. The molecule has 0 bridgehead atoms. The van der Waals surface area contributed by atoms with Crippen LogP contribution in [-0.4, -0.2) is 31.3 Å².